The molecule has 0 aliphatic heterocycles. The fourth-order valence-corrected chi connectivity index (χ4v) is 2.96. The summed E-state index contributed by atoms with van der Waals surface area (Å²) in [4.78, 5) is 24.6. The van der Waals surface area contributed by atoms with Crippen LogP contribution in [0.15, 0.2) is 24.3 Å². The van der Waals surface area contributed by atoms with Crippen LogP contribution in [-0.2, 0) is 16.0 Å². The Labute approximate surface area is 146 Å². The maximum Gasteiger partial charge on any atom is 0.355 e. The summed E-state index contributed by atoms with van der Waals surface area (Å²) in [5, 5.41) is 0.617. The number of halogens is 1. The van der Waals surface area contributed by atoms with Gasteiger partial charge in [0.1, 0.15) is 5.69 Å². The van der Waals surface area contributed by atoms with Crippen molar-refractivity contribution < 1.29 is 19.1 Å². The molecule has 5 nitrogen and oxygen atoms in total. The summed E-state index contributed by atoms with van der Waals surface area (Å²) in [6.45, 7) is 4.37. The number of benzene rings is 1. The fourth-order valence-electron chi connectivity index (χ4n) is 2.83. The molecule has 6 heteroatoms. The van der Waals surface area contributed by atoms with E-state index in [9.17, 15) is 9.59 Å². The molecule has 0 radical (unpaired) electrons. The summed E-state index contributed by atoms with van der Waals surface area (Å²) in [5.74, 6) is -1.12. The number of esters is 2. The lowest BCUT2D eigenvalue weighted by molar-refractivity contribution is 0.0546. The third kappa shape index (κ3) is 3.17. The first-order valence-corrected chi connectivity index (χ1v) is 7.99. The van der Waals surface area contributed by atoms with Crippen molar-refractivity contribution in [1.82, 2.24) is 4.57 Å². The van der Waals surface area contributed by atoms with Crippen molar-refractivity contribution in [2.45, 2.75) is 26.8 Å². The first-order chi connectivity index (χ1) is 11.5. The van der Waals surface area contributed by atoms with E-state index in [1.54, 1.807) is 19.1 Å². The molecule has 1 heterocycles. The van der Waals surface area contributed by atoms with E-state index in [-0.39, 0.29) is 11.3 Å². The minimum atomic E-state index is -0.563. The largest absolute Gasteiger partial charge is 0.465 e. The minimum absolute atomic E-state index is 0.216. The predicted octanol–water partition coefficient (Wildman–Crippen LogP) is 4.10. The Kier molecular flexibility index (Phi) is 5.67. The standard InChI is InChI=1S/C18H20ClNO4/c1-5-10-20-15(12-6-8-13(19)9-7-12)11(2)14(17(21)23-3)16(20)18(22)24-4/h6-9H,5,10H2,1-4H3. The zero-order valence-corrected chi connectivity index (χ0v) is 14.9. The number of carbonyl (C=O) groups is 2. The molecule has 2 rings (SSSR count). The molecule has 0 amide bonds. The van der Waals surface area contributed by atoms with E-state index in [0.29, 0.717) is 17.1 Å². The molecular weight excluding hydrogens is 330 g/mol. The highest BCUT2D eigenvalue weighted by Crippen LogP contribution is 2.33. The van der Waals surface area contributed by atoms with E-state index in [1.807, 2.05) is 23.6 Å². The van der Waals surface area contributed by atoms with Gasteiger partial charge in [-0.3, -0.25) is 0 Å². The van der Waals surface area contributed by atoms with Crippen molar-refractivity contribution in [3.05, 3.63) is 46.1 Å². The van der Waals surface area contributed by atoms with Gasteiger partial charge in [0.15, 0.2) is 0 Å². The molecule has 2 aromatic rings. The lowest BCUT2D eigenvalue weighted by atomic mass is 10.1. The van der Waals surface area contributed by atoms with Gasteiger partial charge in [-0.15, -0.1) is 0 Å². The Hall–Kier alpha value is -2.27. The van der Waals surface area contributed by atoms with Gasteiger partial charge in [-0.25, -0.2) is 9.59 Å². The van der Waals surface area contributed by atoms with Crippen molar-refractivity contribution in [2.75, 3.05) is 14.2 Å². The van der Waals surface area contributed by atoms with Gasteiger partial charge in [0.25, 0.3) is 0 Å². The Bertz CT molecular complexity index is 762. The van der Waals surface area contributed by atoms with Crippen LogP contribution in [0.2, 0.25) is 5.02 Å². The van der Waals surface area contributed by atoms with Crippen LogP contribution >= 0.6 is 11.6 Å². The topological polar surface area (TPSA) is 57.5 Å². The quantitative estimate of drug-likeness (QED) is 0.762. The summed E-state index contributed by atoms with van der Waals surface area (Å²) in [6, 6.07) is 7.27. The lowest BCUT2D eigenvalue weighted by Gasteiger charge is -2.12. The highest BCUT2D eigenvalue weighted by atomic mass is 35.5. The van der Waals surface area contributed by atoms with Crippen molar-refractivity contribution in [1.29, 1.82) is 0 Å². The van der Waals surface area contributed by atoms with E-state index in [4.69, 9.17) is 21.1 Å². The number of aromatic nitrogens is 1. The number of ether oxygens (including phenoxy) is 2. The second-order valence-electron chi connectivity index (χ2n) is 5.34. The molecule has 128 valence electrons. The smallest absolute Gasteiger partial charge is 0.355 e. The number of hydrogen-bond donors (Lipinski definition) is 0. The van der Waals surface area contributed by atoms with Crippen LogP contribution in [0.4, 0.5) is 0 Å². The molecule has 0 spiro atoms. The fraction of sp³-hybridized carbons (Fsp3) is 0.333. The Morgan fingerprint density at radius 3 is 2.17 bits per heavy atom. The molecule has 1 aromatic heterocycles. The summed E-state index contributed by atoms with van der Waals surface area (Å²) < 4.78 is 11.6. The third-order valence-corrected chi connectivity index (χ3v) is 4.09. The summed E-state index contributed by atoms with van der Waals surface area (Å²) in [7, 11) is 2.59. The number of rotatable bonds is 5. The third-order valence-electron chi connectivity index (χ3n) is 3.84. The van der Waals surface area contributed by atoms with Crippen LogP contribution in [-0.4, -0.2) is 30.7 Å². The number of nitrogens with zero attached hydrogens (tertiary/aromatic N) is 1. The monoisotopic (exact) mass is 349 g/mol. The number of carbonyl (C=O) groups excluding carboxylic acids is 2. The number of hydrogen-bond acceptors (Lipinski definition) is 4. The van der Waals surface area contributed by atoms with Gasteiger partial charge >= 0.3 is 11.9 Å². The van der Waals surface area contributed by atoms with Gasteiger partial charge in [-0.2, -0.15) is 0 Å². The van der Waals surface area contributed by atoms with Crippen molar-refractivity contribution >= 4 is 23.5 Å². The molecule has 24 heavy (non-hydrogen) atoms. The van der Waals surface area contributed by atoms with Crippen LogP contribution in [0, 0.1) is 6.92 Å². The first-order valence-electron chi connectivity index (χ1n) is 7.61. The first kappa shape index (κ1) is 18.1. The maximum absolute atomic E-state index is 12.3. The van der Waals surface area contributed by atoms with Gasteiger partial charge in [-0.1, -0.05) is 30.7 Å². The van der Waals surface area contributed by atoms with Crippen LogP contribution in [0.1, 0.15) is 39.8 Å². The zero-order valence-electron chi connectivity index (χ0n) is 14.2. The molecule has 0 N–H and O–H groups in total. The molecule has 0 unspecified atom stereocenters. The Morgan fingerprint density at radius 1 is 1.08 bits per heavy atom. The Morgan fingerprint density at radius 2 is 1.67 bits per heavy atom. The average molecular weight is 350 g/mol. The van der Waals surface area contributed by atoms with Crippen LogP contribution in [0.3, 0.4) is 0 Å². The normalized spacial score (nSPS) is 10.5. The molecule has 0 aliphatic carbocycles. The molecular formula is C18H20ClNO4. The maximum atomic E-state index is 12.3. The van der Waals surface area contributed by atoms with Gasteiger partial charge in [0.05, 0.1) is 25.5 Å². The highest BCUT2D eigenvalue weighted by Gasteiger charge is 2.30. The number of methoxy groups -OCH3 is 2. The van der Waals surface area contributed by atoms with E-state index >= 15 is 0 Å². The molecule has 0 saturated heterocycles. The van der Waals surface area contributed by atoms with Crippen LogP contribution < -0.4 is 0 Å². The van der Waals surface area contributed by atoms with Gasteiger partial charge in [0.2, 0.25) is 0 Å². The second kappa shape index (κ2) is 7.53. The van der Waals surface area contributed by atoms with E-state index in [2.05, 4.69) is 0 Å². The molecule has 0 fully saturated rings. The van der Waals surface area contributed by atoms with Crippen molar-refractivity contribution in [2.24, 2.45) is 0 Å². The second-order valence-corrected chi connectivity index (χ2v) is 5.78. The molecule has 1 aromatic carbocycles. The molecule has 0 aliphatic rings. The molecule has 0 saturated carbocycles. The summed E-state index contributed by atoms with van der Waals surface area (Å²) in [6.07, 6.45) is 0.791. The molecule has 0 bridgehead atoms. The van der Waals surface area contributed by atoms with Crippen molar-refractivity contribution in [3.63, 3.8) is 0 Å². The minimum Gasteiger partial charge on any atom is -0.465 e. The average Bonchev–Trinajstić information content (AvgIpc) is 2.87. The van der Waals surface area contributed by atoms with E-state index in [0.717, 1.165) is 17.7 Å². The van der Waals surface area contributed by atoms with Crippen LogP contribution in [0.5, 0.6) is 0 Å². The Balaban J connectivity index is 2.82. The molecule has 0 atom stereocenters. The SMILES string of the molecule is CCCn1c(C(=O)OC)c(C(=O)OC)c(C)c1-c1ccc(Cl)cc1. The predicted molar refractivity (Wildman–Crippen MR) is 92.6 cm³/mol. The van der Waals surface area contributed by atoms with Gasteiger partial charge in [-0.05, 0) is 36.6 Å². The summed E-state index contributed by atoms with van der Waals surface area (Å²) in [5.41, 5.74) is 2.79. The highest BCUT2D eigenvalue weighted by molar-refractivity contribution is 6.30. The van der Waals surface area contributed by atoms with Gasteiger partial charge < -0.3 is 14.0 Å². The summed E-state index contributed by atoms with van der Waals surface area (Å²) >= 11 is 5.97. The zero-order chi connectivity index (χ0) is 17.9. The lowest BCUT2D eigenvalue weighted by Crippen LogP contribution is -2.16. The van der Waals surface area contributed by atoms with Gasteiger partial charge in [0, 0.05) is 11.6 Å². The van der Waals surface area contributed by atoms with E-state index < -0.39 is 11.9 Å². The van der Waals surface area contributed by atoms with Crippen LogP contribution in [0.25, 0.3) is 11.3 Å². The van der Waals surface area contributed by atoms with Crippen molar-refractivity contribution in [3.8, 4) is 11.3 Å². The van der Waals surface area contributed by atoms with E-state index in [1.165, 1.54) is 14.2 Å².